The average molecular weight is 314 g/mol. The van der Waals surface area contributed by atoms with Gasteiger partial charge in [0.25, 0.3) is 5.91 Å². The summed E-state index contributed by atoms with van der Waals surface area (Å²) in [6.45, 7) is 5.85. The van der Waals surface area contributed by atoms with Crippen LogP contribution in [-0.4, -0.2) is 64.1 Å². The first-order valence-corrected chi connectivity index (χ1v) is 7.48. The summed E-state index contributed by atoms with van der Waals surface area (Å²) >= 11 is 5.97. The highest BCUT2D eigenvalue weighted by atomic mass is 35.5. The fraction of sp³-hybridized carbons (Fsp3) is 0.571. The molecule has 1 aromatic rings. The van der Waals surface area contributed by atoms with Gasteiger partial charge < -0.3 is 14.6 Å². The highest BCUT2D eigenvalue weighted by Crippen LogP contribution is 2.17. The number of hydrogen-bond donors (Lipinski definition) is 1. The SMILES string of the molecule is CCn1cc(Cl)cc1C(=O)N1CCN(CCC(=O)O)CC1. The van der Waals surface area contributed by atoms with Crippen molar-refractivity contribution in [2.45, 2.75) is 19.9 Å². The topological polar surface area (TPSA) is 65.8 Å². The van der Waals surface area contributed by atoms with Gasteiger partial charge in [-0.2, -0.15) is 0 Å². The molecule has 0 unspecified atom stereocenters. The lowest BCUT2D eigenvalue weighted by molar-refractivity contribution is -0.137. The molecule has 0 bridgehead atoms. The standard InChI is InChI=1S/C14H20ClN3O3/c1-2-17-10-11(15)9-12(17)14(21)18-7-5-16(6-8-18)4-3-13(19)20/h9-10H,2-8H2,1H3,(H,19,20). The van der Waals surface area contributed by atoms with E-state index in [9.17, 15) is 9.59 Å². The Bertz CT molecular complexity index is 522. The van der Waals surface area contributed by atoms with E-state index in [-0.39, 0.29) is 12.3 Å². The smallest absolute Gasteiger partial charge is 0.304 e. The van der Waals surface area contributed by atoms with Crippen LogP contribution in [0.25, 0.3) is 0 Å². The molecule has 116 valence electrons. The molecule has 2 heterocycles. The van der Waals surface area contributed by atoms with Gasteiger partial charge in [-0.1, -0.05) is 11.6 Å². The second-order valence-electron chi connectivity index (χ2n) is 5.11. The van der Waals surface area contributed by atoms with Crippen LogP contribution in [0.1, 0.15) is 23.8 Å². The van der Waals surface area contributed by atoms with Gasteiger partial charge in [0.15, 0.2) is 0 Å². The van der Waals surface area contributed by atoms with E-state index in [0.717, 1.165) is 0 Å². The first-order chi connectivity index (χ1) is 10.0. The first-order valence-electron chi connectivity index (χ1n) is 7.10. The zero-order valence-electron chi connectivity index (χ0n) is 12.1. The number of carboxylic acid groups (broad SMARTS) is 1. The Labute approximate surface area is 128 Å². The Hall–Kier alpha value is -1.53. The molecule has 7 heteroatoms. The Morgan fingerprint density at radius 1 is 1.29 bits per heavy atom. The second-order valence-corrected chi connectivity index (χ2v) is 5.54. The number of aryl methyl sites for hydroxylation is 1. The molecule has 0 atom stereocenters. The Morgan fingerprint density at radius 3 is 2.52 bits per heavy atom. The third-order valence-electron chi connectivity index (χ3n) is 3.72. The van der Waals surface area contributed by atoms with Crippen molar-refractivity contribution in [1.29, 1.82) is 0 Å². The molecule has 1 aliphatic heterocycles. The van der Waals surface area contributed by atoms with Gasteiger partial charge in [0, 0.05) is 45.5 Å². The summed E-state index contributed by atoms with van der Waals surface area (Å²) in [6.07, 6.45) is 1.90. The number of nitrogens with zero attached hydrogens (tertiary/aromatic N) is 3. The summed E-state index contributed by atoms with van der Waals surface area (Å²) in [5, 5.41) is 9.26. The minimum atomic E-state index is -0.788. The van der Waals surface area contributed by atoms with Gasteiger partial charge in [-0.15, -0.1) is 0 Å². The molecule has 1 N–H and O–H groups in total. The molecule has 21 heavy (non-hydrogen) atoms. The maximum atomic E-state index is 12.5. The van der Waals surface area contributed by atoms with Crippen molar-refractivity contribution in [3.8, 4) is 0 Å². The predicted octanol–water partition coefficient (Wildman–Crippen LogP) is 1.39. The molecular formula is C14H20ClN3O3. The molecule has 1 amide bonds. The predicted molar refractivity (Wildman–Crippen MR) is 79.7 cm³/mol. The van der Waals surface area contributed by atoms with Gasteiger partial charge in [0.05, 0.1) is 11.4 Å². The van der Waals surface area contributed by atoms with Crippen LogP contribution in [0.5, 0.6) is 0 Å². The summed E-state index contributed by atoms with van der Waals surface area (Å²) in [5.74, 6) is -0.800. The van der Waals surface area contributed by atoms with Crippen molar-refractivity contribution in [3.63, 3.8) is 0 Å². The van der Waals surface area contributed by atoms with Crippen LogP contribution in [0.3, 0.4) is 0 Å². The number of aliphatic carboxylic acids is 1. The summed E-state index contributed by atoms with van der Waals surface area (Å²) < 4.78 is 1.85. The fourth-order valence-electron chi connectivity index (χ4n) is 2.51. The van der Waals surface area contributed by atoms with E-state index < -0.39 is 5.97 Å². The number of halogens is 1. The van der Waals surface area contributed by atoms with Crippen LogP contribution in [0, 0.1) is 0 Å². The zero-order valence-corrected chi connectivity index (χ0v) is 12.8. The van der Waals surface area contributed by atoms with Crippen LogP contribution in [0.15, 0.2) is 12.3 Å². The fourth-order valence-corrected chi connectivity index (χ4v) is 2.73. The minimum Gasteiger partial charge on any atom is -0.481 e. The summed E-state index contributed by atoms with van der Waals surface area (Å²) in [4.78, 5) is 26.9. The van der Waals surface area contributed by atoms with Crippen LogP contribution in [0.2, 0.25) is 5.02 Å². The van der Waals surface area contributed by atoms with Crippen LogP contribution in [-0.2, 0) is 11.3 Å². The van der Waals surface area contributed by atoms with Crippen LogP contribution < -0.4 is 0 Å². The number of amides is 1. The molecule has 1 fully saturated rings. The average Bonchev–Trinajstić information content (AvgIpc) is 2.86. The molecule has 0 radical (unpaired) electrons. The number of carbonyl (C=O) groups excluding carboxylic acids is 1. The van der Waals surface area contributed by atoms with Gasteiger partial charge in [-0.3, -0.25) is 14.5 Å². The quantitative estimate of drug-likeness (QED) is 0.892. The van der Waals surface area contributed by atoms with Gasteiger partial charge in [-0.05, 0) is 13.0 Å². The van der Waals surface area contributed by atoms with Crippen molar-refractivity contribution in [3.05, 3.63) is 23.0 Å². The van der Waals surface area contributed by atoms with E-state index in [1.807, 2.05) is 11.5 Å². The van der Waals surface area contributed by atoms with E-state index in [2.05, 4.69) is 4.90 Å². The highest BCUT2D eigenvalue weighted by Gasteiger charge is 2.24. The van der Waals surface area contributed by atoms with Gasteiger partial charge in [-0.25, -0.2) is 0 Å². The van der Waals surface area contributed by atoms with Gasteiger partial charge >= 0.3 is 5.97 Å². The molecule has 0 saturated carbocycles. The van der Waals surface area contributed by atoms with Crippen molar-refractivity contribution >= 4 is 23.5 Å². The normalized spacial score (nSPS) is 16.2. The molecule has 6 nitrogen and oxygen atoms in total. The molecule has 1 aliphatic rings. The number of hydrogen-bond acceptors (Lipinski definition) is 3. The summed E-state index contributed by atoms with van der Waals surface area (Å²) in [7, 11) is 0. The molecule has 1 saturated heterocycles. The molecule has 2 rings (SSSR count). The summed E-state index contributed by atoms with van der Waals surface area (Å²) in [5.41, 5.74) is 0.612. The van der Waals surface area contributed by atoms with Gasteiger partial charge in [0.1, 0.15) is 5.69 Å². The molecular weight excluding hydrogens is 294 g/mol. The maximum absolute atomic E-state index is 12.5. The molecule has 1 aromatic heterocycles. The lowest BCUT2D eigenvalue weighted by Gasteiger charge is -2.34. The van der Waals surface area contributed by atoms with E-state index in [1.54, 1.807) is 17.2 Å². The lowest BCUT2D eigenvalue weighted by atomic mass is 10.2. The highest BCUT2D eigenvalue weighted by molar-refractivity contribution is 6.31. The number of carbonyl (C=O) groups is 2. The van der Waals surface area contributed by atoms with Gasteiger partial charge in [0.2, 0.25) is 0 Å². The Morgan fingerprint density at radius 2 is 1.95 bits per heavy atom. The van der Waals surface area contributed by atoms with E-state index in [1.165, 1.54) is 0 Å². The molecule has 0 spiro atoms. The summed E-state index contributed by atoms with van der Waals surface area (Å²) in [6, 6.07) is 1.70. The zero-order chi connectivity index (χ0) is 15.4. The second kappa shape index (κ2) is 6.95. The first kappa shape index (κ1) is 15.9. The third-order valence-corrected chi connectivity index (χ3v) is 3.93. The Balaban J connectivity index is 1.92. The molecule has 0 aromatic carbocycles. The maximum Gasteiger partial charge on any atom is 0.304 e. The number of rotatable bonds is 5. The third kappa shape index (κ3) is 3.98. The molecule has 0 aliphatic carbocycles. The largest absolute Gasteiger partial charge is 0.481 e. The van der Waals surface area contributed by atoms with Crippen molar-refractivity contribution in [2.75, 3.05) is 32.7 Å². The van der Waals surface area contributed by atoms with Crippen molar-refractivity contribution in [2.24, 2.45) is 0 Å². The monoisotopic (exact) mass is 313 g/mol. The van der Waals surface area contributed by atoms with E-state index in [0.29, 0.717) is 50.0 Å². The van der Waals surface area contributed by atoms with E-state index >= 15 is 0 Å². The number of aromatic nitrogens is 1. The van der Waals surface area contributed by atoms with E-state index in [4.69, 9.17) is 16.7 Å². The number of carboxylic acids is 1. The Kier molecular flexibility index (Phi) is 5.25. The lowest BCUT2D eigenvalue weighted by Crippen LogP contribution is -2.49. The van der Waals surface area contributed by atoms with Crippen LogP contribution in [0.4, 0.5) is 0 Å². The minimum absolute atomic E-state index is 0.0124. The van der Waals surface area contributed by atoms with Crippen LogP contribution >= 0.6 is 11.6 Å². The van der Waals surface area contributed by atoms with Crippen molar-refractivity contribution < 1.29 is 14.7 Å². The number of piperazine rings is 1. The van der Waals surface area contributed by atoms with Crippen molar-refractivity contribution in [1.82, 2.24) is 14.4 Å².